The lowest BCUT2D eigenvalue weighted by molar-refractivity contribution is 0.0937. The summed E-state index contributed by atoms with van der Waals surface area (Å²) in [5.74, 6) is 0.198. The number of nitrogens with one attached hydrogen (secondary N) is 3. The number of carbonyl (C=O) groups is 1. The van der Waals surface area contributed by atoms with E-state index >= 15 is 0 Å². The molecule has 6 nitrogen and oxygen atoms in total. The van der Waals surface area contributed by atoms with Gasteiger partial charge in [0, 0.05) is 28.7 Å². The summed E-state index contributed by atoms with van der Waals surface area (Å²) in [6, 6.07) is 14.1. The smallest absolute Gasteiger partial charge is 0.251 e. The Labute approximate surface area is 180 Å². The first-order valence-corrected chi connectivity index (χ1v) is 9.76. The molecule has 1 amide bonds. The monoisotopic (exact) mass is 431 g/mol. The van der Waals surface area contributed by atoms with E-state index in [1.807, 2.05) is 38.2 Å². The molecule has 29 heavy (non-hydrogen) atoms. The number of amides is 1. The van der Waals surface area contributed by atoms with Crippen molar-refractivity contribution in [3.63, 3.8) is 0 Å². The molecule has 0 fully saturated rings. The van der Waals surface area contributed by atoms with Crippen LogP contribution in [0.2, 0.25) is 10.0 Å². The van der Waals surface area contributed by atoms with Crippen LogP contribution < -0.4 is 16.0 Å². The third-order valence-corrected chi connectivity index (χ3v) is 4.54. The molecular weight excluding hydrogens is 409 g/mol. The molecule has 0 bridgehead atoms. The highest BCUT2D eigenvalue weighted by molar-refractivity contribution is 6.30. The zero-order chi connectivity index (χ0) is 21.3. The van der Waals surface area contributed by atoms with Crippen molar-refractivity contribution < 1.29 is 4.79 Å². The topological polar surface area (TPSA) is 89.3 Å². The van der Waals surface area contributed by atoms with Gasteiger partial charge in [0.1, 0.15) is 0 Å². The number of guanidine groups is 1. The number of halogens is 2. The van der Waals surface area contributed by atoms with E-state index < -0.39 is 0 Å². The van der Waals surface area contributed by atoms with Crippen molar-refractivity contribution in [2.45, 2.75) is 20.4 Å². The minimum Gasteiger partial charge on any atom is -0.355 e. The van der Waals surface area contributed by atoms with Gasteiger partial charge in [0.15, 0.2) is 6.19 Å². The molecule has 8 heteroatoms. The molecule has 0 aliphatic heterocycles. The molecule has 0 spiro atoms. The molecule has 0 aromatic heterocycles. The van der Waals surface area contributed by atoms with Crippen LogP contribution in [0.1, 0.15) is 29.8 Å². The van der Waals surface area contributed by atoms with Crippen LogP contribution in [0.4, 0.5) is 0 Å². The lowest BCUT2D eigenvalue weighted by Crippen LogP contribution is -2.45. The Morgan fingerprint density at radius 3 is 2.41 bits per heavy atom. The number of hydrogen-bond donors (Lipinski definition) is 3. The van der Waals surface area contributed by atoms with Crippen LogP contribution in [-0.2, 0) is 6.54 Å². The largest absolute Gasteiger partial charge is 0.355 e. The number of benzene rings is 2. The predicted molar refractivity (Wildman–Crippen MR) is 117 cm³/mol. The zero-order valence-electron chi connectivity index (χ0n) is 16.3. The van der Waals surface area contributed by atoms with Crippen molar-refractivity contribution in [3.8, 4) is 6.19 Å². The third-order valence-electron chi connectivity index (χ3n) is 4.05. The fourth-order valence-electron chi connectivity index (χ4n) is 2.41. The fourth-order valence-corrected chi connectivity index (χ4v) is 2.75. The second-order valence-electron chi connectivity index (χ2n) is 7.24. The molecule has 0 atom stereocenters. The van der Waals surface area contributed by atoms with Crippen LogP contribution in [0.3, 0.4) is 0 Å². The summed E-state index contributed by atoms with van der Waals surface area (Å²) in [6.45, 7) is 5.32. The summed E-state index contributed by atoms with van der Waals surface area (Å²) in [6.07, 6.45) is 1.88. The quantitative estimate of drug-likeness (QED) is 0.267. The molecule has 3 N–H and O–H groups in total. The number of carbonyl (C=O) groups excluding carboxylic acids is 1. The van der Waals surface area contributed by atoms with Crippen molar-refractivity contribution in [2.75, 3.05) is 13.1 Å². The summed E-state index contributed by atoms with van der Waals surface area (Å²) >= 11 is 11.8. The molecule has 0 radical (unpaired) electrons. The van der Waals surface area contributed by atoms with E-state index in [1.54, 1.807) is 30.3 Å². The highest BCUT2D eigenvalue weighted by Gasteiger charge is 2.20. The van der Waals surface area contributed by atoms with E-state index in [-0.39, 0.29) is 11.3 Å². The Morgan fingerprint density at radius 1 is 1.07 bits per heavy atom. The molecule has 0 aliphatic rings. The molecule has 0 heterocycles. The van der Waals surface area contributed by atoms with Gasteiger partial charge in [-0.3, -0.25) is 10.1 Å². The van der Waals surface area contributed by atoms with Crippen LogP contribution in [-0.4, -0.2) is 25.0 Å². The molecule has 152 valence electrons. The molecule has 2 aromatic rings. The fraction of sp³-hybridized carbons (Fsp3) is 0.286. The van der Waals surface area contributed by atoms with Crippen LogP contribution in [0.5, 0.6) is 0 Å². The van der Waals surface area contributed by atoms with Crippen molar-refractivity contribution >= 4 is 35.1 Å². The lowest BCUT2D eigenvalue weighted by atomic mass is 9.93. The van der Waals surface area contributed by atoms with Crippen LogP contribution in [0, 0.1) is 16.9 Å². The van der Waals surface area contributed by atoms with Gasteiger partial charge in [-0.15, -0.1) is 0 Å². The second kappa shape index (κ2) is 10.7. The summed E-state index contributed by atoms with van der Waals surface area (Å²) < 4.78 is 0. The van der Waals surface area contributed by atoms with Crippen LogP contribution >= 0.6 is 23.2 Å². The molecule has 0 unspecified atom stereocenters. The summed E-state index contributed by atoms with van der Waals surface area (Å²) in [4.78, 5) is 16.7. The first kappa shape index (κ1) is 22.5. The minimum atomic E-state index is -0.282. The lowest BCUT2D eigenvalue weighted by Gasteiger charge is -2.26. The van der Waals surface area contributed by atoms with Gasteiger partial charge in [-0.2, -0.15) is 5.26 Å². The summed E-state index contributed by atoms with van der Waals surface area (Å²) in [5, 5.41) is 18.8. The first-order chi connectivity index (χ1) is 13.8. The van der Waals surface area contributed by atoms with Crippen molar-refractivity contribution in [1.29, 1.82) is 5.26 Å². The van der Waals surface area contributed by atoms with Gasteiger partial charge in [0.25, 0.3) is 5.91 Å². The molecule has 0 saturated heterocycles. The maximum Gasteiger partial charge on any atom is 0.251 e. The number of nitriles is 1. The van der Waals surface area contributed by atoms with Crippen molar-refractivity contribution in [2.24, 2.45) is 10.4 Å². The summed E-state index contributed by atoms with van der Waals surface area (Å²) in [7, 11) is 0. The van der Waals surface area contributed by atoms with Crippen LogP contribution in [0.15, 0.2) is 53.5 Å². The van der Waals surface area contributed by atoms with Gasteiger partial charge >= 0.3 is 0 Å². The Hall–Kier alpha value is -2.75. The highest BCUT2D eigenvalue weighted by atomic mass is 35.5. The molecular formula is C21H23Cl2N5O. The summed E-state index contributed by atoms with van der Waals surface area (Å²) in [5.41, 5.74) is 1.20. The van der Waals surface area contributed by atoms with E-state index in [4.69, 9.17) is 28.5 Å². The van der Waals surface area contributed by atoms with E-state index in [2.05, 4.69) is 20.9 Å². The number of hydrogen-bond acceptors (Lipinski definition) is 3. The third kappa shape index (κ3) is 8.02. The van der Waals surface area contributed by atoms with Gasteiger partial charge in [0.2, 0.25) is 5.96 Å². The van der Waals surface area contributed by atoms with E-state index in [9.17, 15) is 4.79 Å². The molecule has 2 rings (SSSR count). The maximum atomic E-state index is 12.3. The Morgan fingerprint density at radius 2 is 1.76 bits per heavy atom. The predicted octanol–water partition coefficient (Wildman–Crippen LogP) is 3.97. The Balaban J connectivity index is 1.89. The average molecular weight is 432 g/mol. The SMILES string of the molecule is CC(C)(CNC(=O)c1ccc(Cl)cc1)CNC(=NCc1cccc(Cl)c1)NC#N. The van der Waals surface area contributed by atoms with Gasteiger partial charge in [-0.1, -0.05) is 49.2 Å². The molecule has 0 aliphatic carbocycles. The number of aliphatic imine (C=N–C) groups is 1. The first-order valence-electron chi connectivity index (χ1n) is 9.01. The van der Waals surface area contributed by atoms with Gasteiger partial charge < -0.3 is 10.6 Å². The van der Waals surface area contributed by atoms with E-state index in [0.29, 0.717) is 41.2 Å². The Kier molecular flexibility index (Phi) is 8.32. The van der Waals surface area contributed by atoms with Crippen LogP contribution in [0.25, 0.3) is 0 Å². The number of nitrogens with zero attached hydrogens (tertiary/aromatic N) is 2. The van der Waals surface area contributed by atoms with Gasteiger partial charge in [-0.25, -0.2) is 4.99 Å². The minimum absolute atomic E-state index is 0.167. The van der Waals surface area contributed by atoms with Gasteiger partial charge in [-0.05, 0) is 47.4 Å². The zero-order valence-corrected chi connectivity index (χ0v) is 17.8. The second-order valence-corrected chi connectivity index (χ2v) is 8.11. The normalized spacial score (nSPS) is 11.5. The average Bonchev–Trinajstić information content (AvgIpc) is 2.69. The van der Waals surface area contributed by atoms with Crippen molar-refractivity contribution in [3.05, 3.63) is 69.7 Å². The number of rotatable bonds is 7. The van der Waals surface area contributed by atoms with E-state index in [0.717, 1.165) is 5.56 Å². The maximum absolute atomic E-state index is 12.3. The molecule has 2 aromatic carbocycles. The van der Waals surface area contributed by atoms with Crippen molar-refractivity contribution in [1.82, 2.24) is 16.0 Å². The highest BCUT2D eigenvalue weighted by Crippen LogP contribution is 2.14. The van der Waals surface area contributed by atoms with Gasteiger partial charge in [0.05, 0.1) is 6.54 Å². The Bertz CT molecular complexity index is 904. The van der Waals surface area contributed by atoms with E-state index in [1.165, 1.54) is 0 Å². The molecule has 0 saturated carbocycles. The standard InChI is InChI=1S/C21H23Cl2N5O/c1-21(2,12-26-19(29)16-6-8-17(22)9-7-16)13-27-20(28-14-24)25-11-15-4-3-5-18(23)10-15/h3-10H,11-13H2,1-2H3,(H,26,29)(H2,25,27,28).